The smallest absolute Gasteiger partial charge is 0.277 e. The van der Waals surface area contributed by atoms with Crippen LogP contribution in [0.1, 0.15) is 69.2 Å². The van der Waals surface area contributed by atoms with Crippen molar-refractivity contribution in [2.45, 2.75) is 18.8 Å². The van der Waals surface area contributed by atoms with Crippen molar-refractivity contribution in [2.75, 3.05) is 39.7 Å². The van der Waals surface area contributed by atoms with Crippen molar-refractivity contribution >= 4 is 29.3 Å². The van der Waals surface area contributed by atoms with Gasteiger partial charge in [-0.3, -0.25) is 24.1 Å². The number of hydrogen-bond acceptors (Lipinski definition) is 4. The molecule has 0 atom stereocenters. The lowest BCUT2D eigenvalue weighted by atomic mass is 9.94. The minimum absolute atomic E-state index is 0.00360. The second kappa shape index (κ2) is 19.4. The number of halogens is 12. The highest BCUT2D eigenvalue weighted by atomic mass is 19.3. The van der Waals surface area contributed by atoms with Gasteiger partial charge in [-0.1, -0.05) is 54.1 Å². The Labute approximate surface area is 299 Å². The fraction of sp³-hybridized carbons (Fsp3) is 0.222. The molecule has 2 aliphatic rings. The molecule has 0 aromatic heterocycles. The van der Waals surface area contributed by atoms with Gasteiger partial charge in [0.25, 0.3) is 35.5 Å². The van der Waals surface area contributed by atoms with Crippen LogP contribution in [-0.2, 0) is 11.8 Å². The predicted octanol–water partition coefficient (Wildman–Crippen LogP) is 9.83. The highest BCUT2D eigenvalue weighted by Gasteiger charge is 2.43. The van der Waals surface area contributed by atoms with E-state index in [2.05, 4.69) is 0 Å². The number of nitrogens with zero attached hydrogens (tertiary/aromatic N) is 2. The van der Waals surface area contributed by atoms with Gasteiger partial charge in [-0.15, -0.1) is 0 Å². The van der Waals surface area contributed by atoms with E-state index in [9.17, 15) is 54.3 Å². The molecule has 0 N–H and O–H groups in total. The van der Waals surface area contributed by atoms with Gasteiger partial charge in [0, 0.05) is 29.3 Å². The number of benzene rings is 4. The summed E-state index contributed by atoms with van der Waals surface area (Å²) in [6.07, 6.45) is 0. The lowest BCUT2D eigenvalue weighted by molar-refractivity contribution is 0.0422. The lowest BCUT2D eigenvalue weighted by Gasteiger charge is -2.19. The van der Waals surface area contributed by atoms with E-state index in [1.807, 2.05) is 0 Å². The highest BCUT2D eigenvalue weighted by Crippen LogP contribution is 2.41. The molecular weight excluding hydrogens is 752 g/mol. The normalized spacial score (nSPS) is 13.0. The van der Waals surface area contributed by atoms with Gasteiger partial charge >= 0.3 is 0 Å². The third kappa shape index (κ3) is 9.45. The Hall–Kier alpha value is -5.68. The third-order valence-corrected chi connectivity index (χ3v) is 7.60. The largest absolute Gasteiger partial charge is 0.298 e. The molecule has 0 fully saturated rings. The van der Waals surface area contributed by atoms with Crippen molar-refractivity contribution < 1.29 is 71.9 Å². The molecule has 0 radical (unpaired) electrons. The first kappa shape index (κ1) is 44.5. The Morgan fingerprint density at radius 1 is 0.444 bits per heavy atom. The molecule has 6 rings (SSSR count). The zero-order valence-electron chi connectivity index (χ0n) is 28.0. The van der Waals surface area contributed by atoms with E-state index < -0.39 is 74.3 Å². The quantitative estimate of drug-likeness (QED) is 0.149. The summed E-state index contributed by atoms with van der Waals surface area (Å²) in [5.41, 5.74) is -1.48. The van der Waals surface area contributed by atoms with E-state index in [0.29, 0.717) is 0 Å². The number of carbonyl (C=O) groups excluding carboxylic acids is 4. The number of amides is 4. The van der Waals surface area contributed by atoms with Crippen LogP contribution in [0.3, 0.4) is 0 Å². The first-order valence-corrected chi connectivity index (χ1v) is 14.9. The number of carbonyl (C=O) groups is 4. The fourth-order valence-electron chi connectivity index (χ4n) is 5.14. The Bertz CT molecular complexity index is 1920. The zero-order valence-corrected chi connectivity index (χ0v) is 28.0. The van der Waals surface area contributed by atoms with E-state index in [0.717, 1.165) is 63.9 Å². The van der Waals surface area contributed by atoms with Crippen molar-refractivity contribution in [3.8, 4) is 0 Å². The first-order chi connectivity index (χ1) is 25.5. The summed E-state index contributed by atoms with van der Waals surface area (Å²) in [6, 6.07) is 16.5. The molecule has 0 unspecified atom stereocenters. The number of imide groups is 2. The van der Waals surface area contributed by atoms with Crippen LogP contribution in [0.2, 0.25) is 0 Å². The molecule has 2 aliphatic heterocycles. The molecule has 290 valence electrons. The van der Waals surface area contributed by atoms with Crippen LogP contribution in [0.15, 0.2) is 84.9 Å². The standard InChI is InChI=1S/C32H20F4N2O4.4CH2F2/c1-17-3-5-18(6-4-17)31(33,34)19-7-11-22(12-8-19)38-29(41)24-14-10-21(16-26(24)30(38)42)32(35,36)20-9-13-23-25(15-20)28(40)37(2)27(23)39;4*2-1-3/h3-16H,1-2H3;4*1H2. The van der Waals surface area contributed by atoms with Crippen molar-refractivity contribution in [1.82, 2.24) is 4.90 Å². The molecule has 0 saturated carbocycles. The van der Waals surface area contributed by atoms with Crippen LogP contribution in [0.4, 0.5) is 58.4 Å². The number of rotatable bonds is 5. The summed E-state index contributed by atoms with van der Waals surface area (Å²) in [5.74, 6) is -10.00. The maximum absolute atomic E-state index is 15.6. The zero-order chi connectivity index (χ0) is 41.0. The monoisotopic (exact) mass is 780 g/mol. The van der Waals surface area contributed by atoms with Gasteiger partial charge in [0.15, 0.2) is 0 Å². The molecule has 6 nitrogen and oxygen atoms in total. The summed E-state index contributed by atoms with van der Waals surface area (Å²) in [4.78, 5) is 52.4. The average Bonchev–Trinajstić information content (AvgIpc) is 3.52. The van der Waals surface area contributed by atoms with E-state index in [1.165, 1.54) is 31.3 Å². The van der Waals surface area contributed by atoms with E-state index >= 15 is 17.6 Å². The molecule has 4 aromatic carbocycles. The van der Waals surface area contributed by atoms with Crippen molar-refractivity contribution in [3.63, 3.8) is 0 Å². The van der Waals surface area contributed by atoms with Gasteiger partial charge in [-0.05, 0) is 43.3 Å². The van der Waals surface area contributed by atoms with E-state index in [-0.39, 0.29) is 39.1 Å². The van der Waals surface area contributed by atoms with Crippen LogP contribution in [-0.4, -0.2) is 63.3 Å². The third-order valence-electron chi connectivity index (χ3n) is 7.60. The van der Waals surface area contributed by atoms with Crippen LogP contribution in [0.25, 0.3) is 0 Å². The van der Waals surface area contributed by atoms with Gasteiger partial charge in [0.1, 0.15) is 0 Å². The first-order valence-electron chi connectivity index (χ1n) is 14.9. The van der Waals surface area contributed by atoms with Gasteiger partial charge in [-0.2, -0.15) is 17.6 Å². The lowest BCUT2D eigenvalue weighted by Crippen LogP contribution is -2.29. The SMILES string of the molecule is Cc1ccc(C(F)(F)c2ccc(N3C(=O)c4ccc(C(F)(F)c5ccc6c(c5)C(=O)N(C)C6=O)cc4C3=O)cc2)cc1.FCF.FCF.FCF.FCF. The van der Waals surface area contributed by atoms with E-state index in [1.54, 1.807) is 19.1 Å². The topological polar surface area (TPSA) is 74.8 Å². The number of anilines is 1. The Kier molecular flexibility index (Phi) is 16.0. The Morgan fingerprint density at radius 2 is 0.741 bits per heavy atom. The Balaban J connectivity index is 0.000000747. The molecule has 0 bridgehead atoms. The predicted molar refractivity (Wildman–Crippen MR) is 172 cm³/mol. The van der Waals surface area contributed by atoms with Crippen molar-refractivity contribution in [3.05, 3.63) is 135 Å². The van der Waals surface area contributed by atoms with Gasteiger partial charge in [-0.25, -0.2) is 40.0 Å². The molecule has 4 amide bonds. The number of hydrogen-bond donors (Lipinski definition) is 0. The average molecular weight is 781 g/mol. The van der Waals surface area contributed by atoms with Crippen molar-refractivity contribution in [2.24, 2.45) is 0 Å². The summed E-state index contributed by atoms with van der Waals surface area (Å²) in [5, 5.41) is 0. The van der Waals surface area contributed by atoms with Crippen LogP contribution < -0.4 is 4.90 Å². The molecule has 4 aromatic rings. The number of alkyl halides is 12. The highest BCUT2D eigenvalue weighted by molar-refractivity contribution is 6.34. The number of fused-ring (bicyclic) bond motifs is 2. The van der Waals surface area contributed by atoms with E-state index in [4.69, 9.17) is 0 Å². The van der Waals surface area contributed by atoms with Crippen molar-refractivity contribution in [1.29, 1.82) is 0 Å². The van der Waals surface area contributed by atoms with Gasteiger partial charge in [0.2, 0.25) is 27.7 Å². The minimum Gasteiger partial charge on any atom is -0.277 e. The summed E-state index contributed by atoms with van der Waals surface area (Å²) in [7, 11) is 1.25. The van der Waals surface area contributed by atoms with Crippen LogP contribution in [0, 0.1) is 6.92 Å². The molecule has 0 aliphatic carbocycles. The number of aryl methyl sites for hydroxylation is 1. The molecule has 0 spiro atoms. The molecule has 2 heterocycles. The minimum atomic E-state index is -3.69. The van der Waals surface area contributed by atoms with Gasteiger partial charge in [0.05, 0.1) is 27.9 Å². The Morgan fingerprint density at radius 3 is 1.17 bits per heavy atom. The molecule has 18 heteroatoms. The maximum atomic E-state index is 15.6. The fourth-order valence-corrected chi connectivity index (χ4v) is 5.14. The van der Waals surface area contributed by atoms with Crippen LogP contribution in [0.5, 0.6) is 0 Å². The molecule has 54 heavy (non-hydrogen) atoms. The van der Waals surface area contributed by atoms with Crippen LogP contribution >= 0.6 is 0 Å². The van der Waals surface area contributed by atoms with Gasteiger partial charge < -0.3 is 0 Å². The summed E-state index contributed by atoms with van der Waals surface area (Å²) >= 11 is 0. The summed E-state index contributed by atoms with van der Waals surface area (Å²) < 4.78 is 138. The maximum Gasteiger partial charge on any atom is 0.298 e. The summed E-state index contributed by atoms with van der Waals surface area (Å²) in [6.45, 7) is -5.22. The second-order valence-electron chi connectivity index (χ2n) is 10.6. The molecular formula is C36H28F12N2O4. The second-order valence-corrected chi connectivity index (χ2v) is 10.6. The molecule has 0 saturated heterocycles.